The molecule has 32 heavy (non-hydrogen) atoms. The van der Waals surface area contributed by atoms with E-state index in [0.29, 0.717) is 15.8 Å². The Hall–Kier alpha value is -2.94. The maximum atomic E-state index is 11.9. The van der Waals surface area contributed by atoms with Crippen LogP contribution in [-0.2, 0) is 16.6 Å². The normalized spacial score (nSPS) is 18.0. The van der Waals surface area contributed by atoms with Gasteiger partial charge in [-0.1, -0.05) is 17.7 Å². The van der Waals surface area contributed by atoms with Gasteiger partial charge in [0.15, 0.2) is 5.11 Å². The number of hydrogen-bond acceptors (Lipinski definition) is 4. The van der Waals surface area contributed by atoms with Gasteiger partial charge < -0.3 is 24.8 Å². The highest BCUT2D eigenvalue weighted by Crippen LogP contribution is 2.43. The number of nitrogens with one attached hydrogen (secondary N) is 2. The van der Waals surface area contributed by atoms with Crippen molar-refractivity contribution < 1.29 is 9.53 Å². The molecule has 1 aliphatic heterocycles. The van der Waals surface area contributed by atoms with E-state index in [2.05, 4.69) is 44.1 Å². The van der Waals surface area contributed by atoms with Crippen molar-refractivity contribution in [1.29, 1.82) is 0 Å². The minimum Gasteiger partial charge on any atom is -0.375 e. The Bertz CT molecular complexity index is 1150. The second-order valence-corrected chi connectivity index (χ2v) is 8.39. The summed E-state index contributed by atoms with van der Waals surface area (Å²) in [6.07, 6.45) is 1.78. The molecule has 0 unspecified atom stereocenters. The molecule has 1 aromatic carbocycles. The van der Waals surface area contributed by atoms with Gasteiger partial charge in [0.05, 0.1) is 22.4 Å². The number of carbonyl (C=O) groups excluding carboxylic acids is 1. The summed E-state index contributed by atoms with van der Waals surface area (Å²) < 4.78 is 7.02. The van der Waals surface area contributed by atoms with Crippen LogP contribution in [0.25, 0.3) is 0 Å². The van der Waals surface area contributed by atoms with Crippen molar-refractivity contribution >= 4 is 46.2 Å². The summed E-state index contributed by atoms with van der Waals surface area (Å²) in [5.41, 5.74) is 4.48. The predicted octanol–water partition coefficient (Wildman–Crippen LogP) is 4.14. The van der Waals surface area contributed by atoms with Gasteiger partial charge in [0.1, 0.15) is 12.6 Å². The van der Waals surface area contributed by atoms with Gasteiger partial charge >= 0.3 is 0 Å². The zero-order valence-corrected chi connectivity index (χ0v) is 19.6. The number of halogens is 1. The van der Waals surface area contributed by atoms with Crippen LogP contribution in [0.5, 0.6) is 0 Å². The first kappa shape index (κ1) is 22.3. The number of carbonyl (C=O) groups is 1. The topological polar surface area (TPSA) is 71.4 Å². The van der Waals surface area contributed by atoms with Crippen molar-refractivity contribution in [3.63, 3.8) is 0 Å². The van der Waals surface area contributed by atoms with E-state index in [1.165, 1.54) is 7.11 Å². The monoisotopic (exact) mass is 469 g/mol. The van der Waals surface area contributed by atoms with Crippen molar-refractivity contribution in [1.82, 2.24) is 14.9 Å². The zero-order valence-electron chi connectivity index (χ0n) is 18.0. The number of thiocarbonyl (C=S) groups is 1. The number of aromatic nitrogens is 2. The molecule has 3 aromatic rings. The quantitative estimate of drug-likeness (QED) is 0.528. The van der Waals surface area contributed by atoms with E-state index in [1.54, 1.807) is 12.3 Å². The molecular weight excluding hydrogens is 446 g/mol. The molecule has 1 saturated heterocycles. The number of pyridine rings is 1. The summed E-state index contributed by atoms with van der Waals surface area (Å²) >= 11 is 12.3. The van der Waals surface area contributed by atoms with Gasteiger partial charge in [0.2, 0.25) is 5.91 Å². The molecule has 166 valence electrons. The van der Waals surface area contributed by atoms with Crippen LogP contribution in [0.15, 0.2) is 54.7 Å². The molecule has 7 nitrogen and oxygen atoms in total. The largest absolute Gasteiger partial charge is 0.375 e. The maximum absolute atomic E-state index is 11.9. The Kier molecular flexibility index (Phi) is 6.45. The number of hydrogen-bond donors (Lipinski definition) is 2. The highest BCUT2D eigenvalue weighted by atomic mass is 35.5. The van der Waals surface area contributed by atoms with Crippen molar-refractivity contribution in [3.05, 3.63) is 76.8 Å². The van der Waals surface area contributed by atoms with Gasteiger partial charge in [-0.15, -0.1) is 0 Å². The van der Waals surface area contributed by atoms with Crippen LogP contribution >= 0.6 is 23.8 Å². The molecule has 4 rings (SSSR count). The van der Waals surface area contributed by atoms with Crippen LogP contribution in [0.4, 0.5) is 11.4 Å². The Morgan fingerprint density at radius 3 is 2.72 bits per heavy atom. The van der Waals surface area contributed by atoms with E-state index >= 15 is 0 Å². The van der Waals surface area contributed by atoms with Crippen LogP contribution in [0, 0.1) is 6.92 Å². The van der Waals surface area contributed by atoms with E-state index in [0.717, 1.165) is 22.8 Å². The van der Waals surface area contributed by atoms with Crippen LogP contribution in [0.2, 0.25) is 5.02 Å². The van der Waals surface area contributed by atoms with E-state index in [-0.39, 0.29) is 24.6 Å². The molecule has 1 fully saturated rings. The van der Waals surface area contributed by atoms with Crippen LogP contribution < -0.4 is 15.5 Å². The zero-order chi connectivity index (χ0) is 22.8. The van der Waals surface area contributed by atoms with E-state index in [9.17, 15) is 4.79 Å². The van der Waals surface area contributed by atoms with Gasteiger partial charge in [-0.25, -0.2) is 0 Å². The van der Waals surface area contributed by atoms with Gasteiger partial charge in [-0.3, -0.25) is 9.78 Å². The van der Waals surface area contributed by atoms with Gasteiger partial charge in [-0.2, -0.15) is 0 Å². The summed E-state index contributed by atoms with van der Waals surface area (Å²) in [5, 5.41) is 7.19. The third-order valence-electron chi connectivity index (χ3n) is 5.59. The minimum absolute atomic E-state index is 0.0428. The van der Waals surface area contributed by atoms with E-state index in [1.807, 2.05) is 37.4 Å². The fourth-order valence-corrected chi connectivity index (χ4v) is 4.50. The molecule has 0 spiro atoms. The third kappa shape index (κ3) is 4.21. The van der Waals surface area contributed by atoms with Gasteiger partial charge in [-0.05, 0) is 61.6 Å². The molecule has 1 aliphatic rings. The number of methoxy groups -OCH3 is 1. The maximum Gasteiger partial charge on any atom is 0.250 e. The summed E-state index contributed by atoms with van der Waals surface area (Å²) in [5.74, 6) is -0.270. The summed E-state index contributed by atoms with van der Waals surface area (Å²) in [6, 6.07) is 15.3. The van der Waals surface area contributed by atoms with Crippen molar-refractivity contribution in [2.75, 3.05) is 23.9 Å². The number of rotatable bonds is 6. The van der Waals surface area contributed by atoms with E-state index in [4.69, 9.17) is 28.6 Å². The number of anilines is 2. The molecule has 1 amide bonds. The molecule has 2 atom stereocenters. The Balaban J connectivity index is 1.74. The molecular formula is C23H24ClN5O2S. The predicted molar refractivity (Wildman–Crippen MR) is 130 cm³/mol. The minimum atomic E-state index is -0.270. The SMILES string of the molecule is COCC(=O)Nc1ccc(N2C(=S)N[C@@H](c3ccccn3)[C@@H]2c2ccc(C)n2C)cc1Cl. The number of benzene rings is 1. The average Bonchev–Trinajstić information content (AvgIpc) is 3.29. The summed E-state index contributed by atoms with van der Waals surface area (Å²) in [6.45, 7) is 2.03. The van der Waals surface area contributed by atoms with Crippen molar-refractivity contribution in [3.8, 4) is 0 Å². The first-order valence-corrected chi connectivity index (χ1v) is 10.9. The molecule has 9 heteroatoms. The lowest BCUT2D eigenvalue weighted by Gasteiger charge is -2.29. The number of aryl methyl sites for hydroxylation is 1. The number of ether oxygens (including phenoxy) is 1. The molecule has 0 aliphatic carbocycles. The lowest BCUT2D eigenvalue weighted by Crippen LogP contribution is -2.30. The van der Waals surface area contributed by atoms with Crippen LogP contribution in [0.1, 0.15) is 29.2 Å². The average molecular weight is 470 g/mol. The fraction of sp³-hybridized carbons (Fsp3) is 0.261. The third-order valence-corrected chi connectivity index (χ3v) is 6.22. The highest BCUT2D eigenvalue weighted by Gasteiger charge is 2.42. The lowest BCUT2D eigenvalue weighted by atomic mass is 10.0. The number of nitrogens with zero attached hydrogens (tertiary/aromatic N) is 3. The van der Waals surface area contributed by atoms with Gasteiger partial charge in [0, 0.05) is 37.4 Å². The summed E-state index contributed by atoms with van der Waals surface area (Å²) in [4.78, 5) is 18.5. The second kappa shape index (κ2) is 9.28. The molecule has 0 radical (unpaired) electrons. The summed E-state index contributed by atoms with van der Waals surface area (Å²) in [7, 11) is 3.51. The molecule has 0 saturated carbocycles. The van der Waals surface area contributed by atoms with Gasteiger partial charge in [0.25, 0.3) is 0 Å². The highest BCUT2D eigenvalue weighted by molar-refractivity contribution is 7.80. The van der Waals surface area contributed by atoms with Crippen molar-refractivity contribution in [2.24, 2.45) is 7.05 Å². The smallest absolute Gasteiger partial charge is 0.250 e. The Labute approximate surface area is 197 Å². The van der Waals surface area contributed by atoms with E-state index < -0.39 is 0 Å². The van der Waals surface area contributed by atoms with Crippen LogP contribution in [-0.4, -0.2) is 34.3 Å². The van der Waals surface area contributed by atoms with Crippen molar-refractivity contribution in [2.45, 2.75) is 19.0 Å². The Morgan fingerprint density at radius 1 is 1.28 bits per heavy atom. The Morgan fingerprint density at radius 2 is 2.09 bits per heavy atom. The lowest BCUT2D eigenvalue weighted by molar-refractivity contribution is -0.119. The fourth-order valence-electron chi connectivity index (χ4n) is 3.94. The molecule has 0 bridgehead atoms. The first-order valence-electron chi connectivity index (χ1n) is 10.1. The molecule has 2 N–H and O–H groups in total. The van der Waals surface area contributed by atoms with Crippen LogP contribution in [0.3, 0.4) is 0 Å². The number of amides is 1. The molecule has 2 aromatic heterocycles. The standard InChI is InChI=1S/C23H24ClN5O2S/c1-14-7-10-19(28(14)2)22-21(18-6-4-5-11-25-18)27-23(32)29(22)15-8-9-17(16(24)12-15)26-20(30)13-31-3/h4-12,21-22H,13H2,1-3H3,(H,26,30)(H,27,32)/t21-,22-/m0/s1. The molecule has 3 heterocycles. The first-order chi connectivity index (χ1) is 15.4. The second-order valence-electron chi connectivity index (χ2n) is 7.60.